The summed E-state index contributed by atoms with van der Waals surface area (Å²) in [5.74, 6) is 0.472. The highest BCUT2D eigenvalue weighted by molar-refractivity contribution is 7.07. The number of carbonyl (C=O) groups is 1. The number of halogens is 1. The third-order valence-electron chi connectivity index (χ3n) is 4.13. The van der Waals surface area contributed by atoms with Crippen LogP contribution in [0.3, 0.4) is 0 Å². The number of carbonyl (C=O) groups excluding carboxylic acids is 1. The van der Waals surface area contributed by atoms with Gasteiger partial charge in [0, 0.05) is 13.1 Å². The molecule has 2 nitrogen and oxygen atoms in total. The van der Waals surface area contributed by atoms with Crippen molar-refractivity contribution in [1.82, 2.24) is 4.90 Å². The highest BCUT2D eigenvalue weighted by Gasteiger charge is 2.23. The fourth-order valence-electron chi connectivity index (χ4n) is 2.86. The molecule has 110 valence electrons. The first-order valence-corrected chi connectivity index (χ1v) is 8.21. The van der Waals surface area contributed by atoms with Crippen molar-refractivity contribution in [3.05, 3.63) is 58.0 Å². The van der Waals surface area contributed by atoms with E-state index in [-0.39, 0.29) is 11.7 Å². The summed E-state index contributed by atoms with van der Waals surface area (Å²) in [6.07, 6.45) is 2.43. The molecule has 0 saturated carbocycles. The minimum absolute atomic E-state index is 0.144. The molecular weight excluding hydrogens is 285 g/mol. The van der Waals surface area contributed by atoms with Gasteiger partial charge in [-0.05, 0) is 58.8 Å². The number of thiophene rings is 1. The summed E-state index contributed by atoms with van der Waals surface area (Å²) in [6.45, 7) is 1.64. The van der Waals surface area contributed by atoms with Gasteiger partial charge in [-0.1, -0.05) is 12.1 Å². The van der Waals surface area contributed by atoms with Crippen LogP contribution in [0, 0.1) is 5.82 Å². The van der Waals surface area contributed by atoms with Crippen LogP contribution in [-0.4, -0.2) is 23.9 Å². The van der Waals surface area contributed by atoms with Crippen molar-refractivity contribution in [2.75, 3.05) is 13.1 Å². The smallest absolute Gasteiger partial charge is 0.226 e. The van der Waals surface area contributed by atoms with Gasteiger partial charge in [-0.15, -0.1) is 0 Å². The molecule has 1 aromatic carbocycles. The van der Waals surface area contributed by atoms with E-state index in [1.54, 1.807) is 23.5 Å². The topological polar surface area (TPSA) is 20.3 Å². The van der Waals surface area contributed by atoms with Gasteiger partial charge in [0.05, 0.1) is 6.42 Å². The molecule has 1 aliphatic rings. The number of piperidine rings is 1. The van der Waals surface area contributed by atoms with Gasteiger partial charge in [-0.25, -0.2) is 4.39 Å². The largest absolute Gasteiger partial charge is 0.342 e. The van der Waals surface area contributed by atoms with Crippen LogP contribution in [-0.2, 0) is 11.2 Å². The lowest BCUT2D eigenvalue weighted by Crippen LogP contribution is -2.38. The number of likely N-dealkylation sites (tertiary alicyclic amines) is 1. The predicted octanol–water partition coefficient (Wildman–Crippen LogP) is 3.84. The van der Waals surface area contributed by atoms with Gasteiger partial charge in [0.25, 0.3) is 0 Å². The van der Waals surface area contributed by atoms with Gasteiger partial charge < -0.3 is 4.90 Å². The van der Waals surface area contributed by atoms with Crippen LogP contribution in [0.5, 0.6) is 0 Å². The zero-order chi connectivity index (χ0) is 14.7. The van der Waals surface area contributed by atoms with Crippen molar-refractivity contribution in [2.24, 2.45) is 0 Å². The summed E-state index contributed by atoms with van der Waals surface area (Å²) in [4.78, 5) is 14.2. The van der Waals surface area contributed by atoms with Crippen molar-refractivity contribution in [2.45, 2.75) is 25.2 Å². The number of nitrogens with zero attached hydrogens (tertiary/aromatic N) is 1. The number of benzene rings is 1. The van der Waals surface area contributed by atoms with E-state index in [0.717, 1.165) is 31.5 Å². The second-order valence-corrected chi connectivity index (χ2v) is 6.30. The standard InChI is InChI=1S/C17H18FNOS/c18-16-3-1-13(2-4-16)11-17(20)19-8-5-14(6-9-19)15-7-10-21-12-15/h1-4,7,10,12,14H,5-6,8-9,11H2. The van der Waals surface area contributed by atoms with Gasteiger partial charge in [-0.2, -0.15) is 11.3 Å². The van der Waals surface area contributed by atoms with Crippen molar-refractivity contribution < 1.29 is 9.18 Å². The van der Waals surface area contributed by atoms with Gasteiger partial charge in [0.1, 0.15) is 5.82 Å². The van der Waals surface area contributed by atoms with E-state index < -0.39 is 0 Å². The van der Waals surface area contributed by atoms with E-state index in [0.29, 0.717) is 12.3 Å². The van der Waals surface area contributed by atoms with Crippen molar-refractivity contribution >= 4 is 17.2 Å². The molecule has 2 aromatic rings. The highest BCUT2D eigenvalue weighted by Crippen LogP contribution is 2.29. The first kappa shape index (κ1) is 14.3. The zero-order valence-corrected chi connectivity index (χ0v) is 12.6. The average molecular weight is 303 g/mol. The SMILES string of the molecule is O=C(Cc1ccc(F)cc1)N1CCC(c2ccsc2)CC1. The molecule has 1 aliphatic heterocycles. The molecule has 21 heavy (non-hydrogen) atoms. The molecule has 0 atom stereocenters. The van der Waals surface area contributed by atoms with E-state index >= 15 is 0 Å². The van der Waals surface area contributed by atoms with E-state index in [1.165, 1.54) is 17.7 Å². The molecule has 0 aliphatic carbocycles. The molecule has 3 rings (SSSR count). The Morgan fingerprint density at radius 1 is 1.19 bits per heavy atom. The van der Waals surface area contributed by atoms with Crippen molar-refractivity contribution in [1.29, 1.82) is 0 Å². The summed E-state index contributed by atoms with van der Waals surface area (Å²) in [5, 5.41) is 4.32. The lowest BCUT2D eigenvalue weighted by Gasteiger charge is -2.32. The summed E-state index contributed by atoms with van der Waals surface area (Å²) < 4.78 is 12.9. The molecule has 1 aromatic heterocycles. The van der Waals surface area contributed by atoms with Crippen molar-refractivity contribution in [3.8, 4) is 0 Å². The molecule has 1 saturated heterocycles. The van der Waals surface area contributed by atoms with Gasteiger partial charge >= 0.3 is 0 Å². The Kier molecular flexibility index (Phi) is 4.34. The minimum Gasteiger partial charge on any atom is -0.342 e. The summed E-state index contributed by atoms with van der Waals surface area (Å²) in [6, 6.07) is 8.37. The summed E-state index contributed by atoms with van der Waals surface area (Å²) in [7, 11) is 0. The molecule has 0 spiro atoms. The van der Waals surface area contributed by atoms with Crippen LogP contribution in [0.25, 0.3) is 0 Å². The Bertz CT molecular complexity index is 586. The fraction of sp³-hybridized carbons (Fsp3) is 0.353. The number of rotatable bonds is 3. The maximum atomic E-state index is 12.9. The van der Waals surface area contributed by atoms with Crippen LogP contribution in [0.4, 0.5) is 4.39 Å². The Morgan fingerprint density at radius 2 is 1.90 bits per heavy atom. The van der Waals surface area contributed by atoms with Crippen LogP contribution in [0.2, 0.25) is 0 Å². The third kappa shape index (κ3) is 3.50. The quantitative estimate of drug-likeness (QED) is 0.844. The Balaban J connectivity index is 1.54. The van der Waals surface area contributed by atoms with Gasteiger partial charge in [0.15, 0.2) is 0 Å². The second kappa shape index (κ2) is 6.39. The van der Waals surface area contributed by atoms with Crippen LogP contribution >= 0.6 is 11.3 Å². The van der Waals surface area contributed by atoms with Crippen LogP contribution in [0.15, 0.2) is 41.1 Å². The zero-order valence-electron chi connectivity index (χ0n) is 11.8. The number of hydrogen-bond acceptors (Lipinski definition) is 2. The average Bonchev–Trinajstić information content (AvgIpc) is 3.04. The first-order valence-electron chi connectivity index (χ1n) is 7.26. The lowest BCUT2D eigenvalue weighted by atomic mass is 9.91. The Morgan fingerprint density at radius 3 is 2.52 bits per heavy atom. The molecule has 1 amide bonds. The Hall–Kier alpha value is -1.68. The van der Waals surface area contributed by atoms with Gasteiger partial charge in [0.2, 0.25) is 5.91 Å². The van der Waals surface area contributed by atoms with E-state index in [4.69, 9.17) is 0 Å². The second-order valence-electron chi connectivity index (χ2n) is 5.51. The molecule has 1 fully saturated rings. The van der Waals surface area contributed by atoms with Crippen LogP contribution in [0.1, 0.15) is 29.9 Å². The van der Waals surface area contributed by atoms with E-state index in [1.807, 2.05) is 4.90 Å². The van der Waals surface area contributed by atoms with Crippen molar-refractivity contribution in [3.63, 3.8) is 0 Å². The predicted molar refractivity (Wildman–Crippen MR) is 83.0 cm³/mol. The monoisotopic (exact) mass is 303 g/mol. The minimum atomic E-state index is -0.261. The van der Waals surface area contributed by atoms with E-state index in [2.05, 4.69) is 16.8 Å². The molecular formula is C17H18FNOS. The molecule has 2 heterocycles. The number of amides is 1. The molecule has 4 heteroatoms. The summed E-state index contributed by atoms with van der Waals surface area (Å²) in [5.41, 5.74) is 2.28. The highest BCUT2D eigenvalue weighted by atomic mass is 32.1. The normalized spacial score (nSPS) is 16.1. The van der Waals surface area contributed by atoms with E-state index in [9.17, 15) is 9.18 Å². The fourth-order valence-corrected chi connectivity index (χ4v) is 3.60. The Labute approximate surface area is 128 Å². The third-order valence-corrected chi connectivity index (χ3v) is 4.83. The molecule has 0 bridgehead atoms. The van der Waals surface area contributed by atoms with Crippen LogP contribution < -0.4 is 0 Å². The van der Waals surface area contributed by atoms with Gasteiger partial charge in [-0.3, -0.25) is 4.79 Å². The number of hydrogen-bond donors (Lipinski definition) is 0. The molecule has 0 radical (unpaired) electrons. The summed E-state index contributed by atoms with van der Waals surface area (Å²) >= 11 is 1.73. The lowest BCUT2D eigenvalue weighted by molar-refractivity contribution is -0.131. The maximum absolute atomic E-state index is 12.9. The molecule has 0 unspecified atom stereocenters. The first-order chi connectivity index (χ1) is 10.2. The maximum Gasteiger partial charge on any atom is 0.226 e. The molecule has 0 N–H and O–H groups in total.